The number of benzene rings is 1. The van der Waals surface area contributed by atoms with E-state index in [1.807, 2.05) is 11.4 Å². The first-order valence-electron chi connectivity index (χ1n) is 6.77. The SMILES string of the molecule is OC(O)(c1ccnc(-c2cccc(-c3nccs3)c2)c1)C(F)(F)F. The zero-order valence-electron chi connectivity index (χ0n) is 12.0. The van der Waals surface area contributed by atoms with E-state index in [4.69, 9.17) is 0 Å². The number of aromatic nitrogens is 2. The van der Waals surface area contributed by atoms with Crippen molar-refractivity contribution < 1.29 is 23.4 Å². The molecule has 2 heterocycles. The molecule has 0 unspecified atom stereocenters. The maximum Gasteiger partial charge on any atom is 0.447 e. The molecule has 24 heavy (non-hydrogen) atoms. The van der Waals surface area contributed by atoms with Crippen molar-refractivity contribution in [1.29, 1.82) is 0 Å². The third-order valence-corrected chi connectivity index (χ3v) is 4.22. The Bertz CT molecular complexity index is 849. The lowest BCUT2D eigenvalue weighted by atomic mass is 10.0. The standard InChI is InChI=1S/C16H11F3N2O2S/c17-16(18,19)15(22,23)12-4-5-20-13(9-12)10-2-1-3-11(8-10)14-21-6-7-24-14/h1-9,22-23H. The monoisotopic (exact) mass is 352 g/mol. The maximum absolute atomic E-state index is 12.8. The molecule has 8 heteroatoms. The van der Waals surface area contributed by atoms with Gasteiger partial charge in [0.1, 0.15) is 5.01 Å². The first-order valence-corrected chi connectivity index (χ1v) is 7.65. The van der Waals surface area contributed by atoms with Gasteiger partial charge < -0.3 is 10.2 Å². The minimum absolute atomic E-state index is 0.197. The first kappa shape index (κ1) is 16.6. The summed E-state index contributed by atoms with van der Waals surface area (Å²) in [5.41, 5.74) is 0.842. The van der Waals surface area contributed by atoms with Gasteiger partial charge in [-0.25, -0.2) is 4.98 Å². The highest BCUT2D eigenvalue weighted by Gasteiger charge is 2.54. The predicted molar refractivity (Wildman–Crippen MR) is 83.0 cm³/mol. The van der Waals surface area contributed by atoms with Crippen LogP contribution in [-0.2, 0) is 5.79 Å². The molecule has 3 aromatic rings. The second-order valence-electron chi connectivity index (χ2n) is 5.02. The van der Waals surface area contributed by atoms with Crippen LogP contribution in [0.4, 0.5) is 13.2 Å². The molecule has 0 radical (unpaired) electrons. The van der Waals surface area contributed by atoms with E-state index in [1.165, 1.54) is 11.3 Å². The van der Waals surface area contributed by atoms with Crippen molar-refractivity contribution >= 4 is 11.3 Å². The van der Waals surface area contributed by atoms with Gasteiger partial charge in [0.15, 0.2) is 0 Å². The van der Waals surface area contributed by atoms with Gasteiger partial charge in [-0.15, -0.1) is 11.3 Å². The first-order chi connectivity index (χ1) is 11.3. The van der Waals surface area contributed by atoms with E-state index in [9.17, 15) is 23.4 Å². The fourth-order valence-corrected chi connectivity index (χ4v) is 2.78. The Morgan fingerprint density at radius 1 is 0.917 bits per heavy atom. The highest BCUT2D eigenvalue weighted by Crippen LogP contribution is 2.37. The van der Waals surface area contributed by atoms with Gasteiger partial charge in [-0.2, -0.15) is 13.2 Å². The molecule has 1 aromatic carbocycles. The van der Waals surface area contributed by atoms with Crippen molar-refractivity contribution in [3.63, 3.8) is 0 Å². The zero-order valence-corrected chi connectivity index (χ0v) is 12.8. The Balaban J connectivity index is 2.03. The van der Waals surface area contributed by atoms with E-state index in [-0.39, 0.29) is 5.69 Å². The molecule has 0 saturated carbocycles. The van der Waals surface area contributed by atoms with E-state index in [0.717, 1.165) is 28.9 Å². The molecule has 0 fully saturated rings. The van der Waals surface area contributed by atoms with Crippen LogP contribution in [0.5, 0.6) is 0 Å². The van der Waals surface area contributed by atoms with Crippen LogP contribution in [0.25, 0.3) is 21.8 Å². The molecule has 124 valence electrons. The van der Waals surface area contributed by atoms with Gasteiger partial charge in [0.2, 0.25) is 0 Å². The molecular formula is C16H11F3N2O2S. The summed E-state index contributed by atoms with van der Waals surface area (Å²) in [7, 11) is 0. The minimum atomic E-state index is -5.21. The van der Waals surface area contributed by atoms with Crippen molar-refractivity contribution in [3.8, 4) is 21.8 Å². The third kappa shape index (κ3) is 3.03. The van der Waals surface area contributed by atoms with Crippen LogP contribution in [0, 0.1) is 0 Å². The quantitative estimate of drug-likeness (QED) is 0.707. The molecule has 3 rings (SSSR count). The second kappa shape index (κ2) is 5.97. The Labute approximate surface area is 138 Å². The molecule has 0 aliphatic heterocycles. The maximum atomic E-state index is 12.8. The number of alkyl halides is 3. The fraction of sp³-hybridized carbons (Fsp3) is 0.125. The minimum Gasteiger partial charge on any atom is -0.355 e. The normalized spacial score (nSPS) is 12.4. The van der Waals surface area contributed by atoms with E-state index in [1.54, 1.807) is 24.4 Å². The zero-order chi connectivity index (χ0) is 17.4. The lowest BCUT2D eigenvalue weighted by Crippen LogP contribution is -2.42. The van der Waals surface area contributed by atoms with Crippen LogP contribution in [0.1, 0.15) is 5.56 Å². The van der Waals surface area contributed by atoms with Crippen LogP contribution in [0.2, 0.25) is 0 Å². The summed E-state index contributed by atoms with van der Waals surface area (Å²) >= 11 is 1.43. The van der Waals surface area contributed by atoms with Gasteiger partial charge in [0.25, 0.3) is 5.79 Å². The molecule has 2 aromatic heterocycles. The molecule has 2 N–H and O–H groups in total. The summed E-state index contributed by atoms with van der Waals surface area (Å²) in [6, 6.07) is 8.89. The van der Waals surface area contributed by atoms with Gasteiger partial charge in [-0.05, 0) is 18.2 Å². The number of nitrogens with zero attached hydrogens (tertiary/aromatic N) is 2. The van der Waals surface area contributed by atoms with Crippen LogP contribution >= 0.6 is 11.3 Å². The molecule has 0 aliphatic carbocycles. The number of rotatable bonds is 3. The van der Waals surface area contributed by atoms with Crippen LogP contribution in [-0.4, -0.2) is 26.4 Å². The summed E-state index contributed by atoms with van der Waals surface area (Å²) in [5.74, 6) is -3.93. The molecular weight excluding hydrogens is 341 g/mol. The summed E-state index contributed by atoms with van der Waals surface area (Å²) in [6.07, 6.45) is -2.46. The molecule has 0 aliphatic rings. The lowest BCUT2D eigenvalue weighted by Gasteiger charge is -2.24. The van der Waals surface area contributed by atoms with Crippen LogP contribution in [0.15, 0.2) is 54.2 Å². The Morgan fingerprint density at radius 2 is 1.67 bits per heavy atom. The van der Waals surface area contributed by atoms with Gasteiger partial charge in [0, 0.05) is 34.5 Å². The Kier molecular flexibility index (Phi) is 4.12. The molecule has 0 saturated heterocycles. The summed E-state index contributed by atoms with van der Waals surface area (Å²) in [4.78, 5) is 8.20. The molecule has 0 atom stereocenters. The highest BCUT2D eigenvalue weighted by atomic mass is 32.1. The van der Waals surface area contributed by atoms with Crippen molar-refractivity contribution in [3.05, 3.63) is 59.7 Å². The average Bonchev–Trinajstić information content (AvgIpc) is 3.08. The Morgan fingerprint density at radius 3 is 2.33 bits per heavy atom. The fourth-order valence-electron chi connectivity index (χ4n) is 2.15. The van der Waals surface area contributed by atoms with Crippen molar-refractivity contribution in [2.24, 2.45) is 0 Å². The second-order valence-corrected chi connectivity index (χ2v) is 5.91. The number of halogens is 3. The third-order valence-electron chi connectivity index (χ3n) is 3.40. The van der Waals surface area contributed by atoms with Crippen molar-refractivity contribution in [2.75, 3.05) is 0 Å². The molecule has 0 spiro atoms. The van der Waals surface area contributed by atoms with Gasteiger partial charge in [-0.3, -0.25) is 4.98 Å². The number of thiazole rings is 1. The van der Waals surface area contributed by atoms with Crippen LogP contribution < -0.4 is 0 Å². The van der Waals surface area contributed by atoms with Crippen molar-refractivity contribution in [2.45, 2.75) is 12.0 Å². The van der Waals surface area contributed by atoms with E-state index >= 15 is 0 Å². The number of hydrogen-bond donors (Lipinski definition) is 2. The smallest absolute Gasteiger partial charge is 0.355 e. The highest BCUT2D eigenvalue weighted by molar-refractivity contribution is 7.13. The van der Waals surface area contributed by atoms with E-state index in [0.29, 0.717) is 5.56 Å². The van der Waals surface area contributed by atoms with E-state index in [2.05, 4.69) is 9.97 Å². The van der Waals surface area contributed by atoms with Gasteiger partial charge in [0.05, 0.1) is 5.69 Å². The summed E-state index contributed by atoms with van der Waals surface area (Å²) < 4.78 is 38.3. The number of hydrogen-bond acceptors (Lipinski definition) is 5. The largest absolute Gasteiger partial charge is 0.447 e. The molecule has 0 bridgehead atoms. The number of pyridine rings is 1. The molecule has 4 nitrogen and oxygen atoms in total. The lowest BCUT2D eigenvalue weighted by molar-refractivity contribution is -0.358. The van der Waals surface area contributed by atoms with Gasteiger partial charge in [-0.1, -0.05) is 18.2 Å². The number of aliphatic hydroxyl groups is 2. The van der Waals surface area contributed by atoms with Crippen LogP contribution in [0.3, 0.4) is 0 Å². The molecule has 0 amide bonds. The summed E-state index contributed by atoms with van der Waals surface area (Å²) in [6.45, 7) is 0. The predicted octanol–water partition coefficient (Wildman–Crippen LogP) is 3.57. The topological polar surface area (TPSA) is 66.2 Å². The van der Waals surface area contributed by atoms with E-state index < -0.39 is 17.5 Å². The summed E-state index contributed by atoms with van der Waals surface area (Å²) in [5, 5.41) is 21.4. The van der Waals surface area contributed by atoms with Gasteiger partial charge >= 0.3 is 6.18 Å². The average molecular weight is 352 g/mol. The van der Waals surface area contributed by atoms with Crippen molar-refractivity contribution in [1.82, 2.24) is 9.97 Å². The Hall–Kier alpha value is -2.29.